The maximum Gasteiger partial charge on any atom is 0.321 e. The summed E-state index contributed by atoms with van der Waals surface area (Å²) in [6, 6.07) is 7.08. The molecule has 1 atom stereocenters. The zero-order valence-corrected chi connectivity index (χ0v) is 11.8. The van der Waals surface area contributed by atoms with E-state index in [9.17, 15) is 4.79 Å². The third-order valence-electron chi connectivity index (χ3n) is 3.30. The zero-order chi connectivity index (χ0) is 13.7. The van der Waals surface area contributed by atoms with Crippen LogP contribution in [0.15, 0.2) is 24.3 Å². The molecule has 1 aromatic carbocycles. The minimum absolute atomic E-state index is 0.0527. The number of ether oxygens (including phenoxy) is 1. The molecule has 1 fully saturated rings. The van der Waals surface area contributed by atoms with E-state index in [0.717, 1.165) is 31.6 Å². The maximum absolute atomic E-state index is 12.1. The van der Waals surface area contributed by atoms with Crippen LogP contribution in [-0.4, -0.2) is 37.7 Å². The van der Waals surface area contributed by atoms with Crippen LogP contribution in [0.5, 0.6) is 0 Å². The molecular formula is C14H19ClN2O2. The summed E-state index contributed by atoms with van der Waals surface area (Å²) in [5.74, 6) is 0.440. The lowest BCUT2D eigenvalue weighted by Crippen LogP contribution is -2.43. The van der Waals surface area contributed by atoms with Gasteiger partial charge < -0.3 is 15.0 Å². The van der Waals surface area contributed by atoms with E-state index in [1.807, 2.05) is 4.90 Å². The molecule has 0 bridgehead atoms. The Labute approximate surface area is 118 Å². The highest BCUT2D eigenvalue weighted by atomic mass is 35.5. The Morgan fingerprint density at radius 2 is 2.21 bits per heavy atom. The fourth-order valence-corrected chi connectivity index (χ4v) is 2.48. The monoisotopic (exact) mass is 282 g/mol. The summed E-state index contributed by atoms with van der Waals surface area (Å²) in [6.07, 6.45) is 2.15. The predicted octanol–water partition coefficient (Wildman–Crippen LogP) is 3.23. The summed E-state index contributed by atoms with van der Waals surface area (Å²) in [4.78, 5) is 14.0. The van der Waals surface area contributed by atoms with Gasteiger partial charge in [0.15, 0.2) is 0 Å². The molecule has 0 spiro atoms. The lowest BCUT2D eigenvalue weighted by molar-refractivity contribution is 0.104. The Hall–Kier alpha value is -1.26. The summed E-state index contributed by atoms with van der Waals surface area (Å²) in [5.41, 5.74) is 0.767. The Balaban J connectivity index is 1.90. The maximum atomic E-state index is 12.1. The minimum Gasteiger partial charge on any atom is -0.384 e. The van der Waals surface area contributed by atoms with Crippen LogP contribution in [0.25, 0.3) is 0 Å². The standard InChI is InChI=1S/C14H19ClN2O2/c1-19-10-11-3-2-8-17(9-11)14(18)16-13-6-4-12(15)5-7-13/h4-7,11H,2-3,8-10H2,1H3,(H,16,18). The van der Waals surface area contributed by atoms with Crippen molar-refractivity contribution in [2.24, 2.45) is 5.92 Å². The molecule has 1 heterocycles. The molecule has 1 N–H and O–H groups in total. The van der Waals surface area contributed by atoms with Gasteiger partial charge in [-0.25, -0.2) is 4.79 Å². The molecule has 2 amide bonds. The van der Waals surface area contributed by atoms with Crippen LogP contribution in [-0.2, 0) is 4.74 Å². The van der Waals surface area contributed by atoms with Crippen LogP contribution in [0.3, 0.4) is 0 Å². The molecule has 1 saturated heterocycles. The number of nitrogens with zero attached hydrogens (tertiary/aromatic N) is 1. The number of halogens is 1. The van der Waals surface area contributed by atoms with Crippen LogP contribution < -0.4 is 5.32 Å². The molecule has 5 heteroatoms. The van der Waals surface area contributed by atoms with E-state index >= 15 is 0 Å². The summed E-state index contributed by atoms with van der Waals surface area (Å²) < 4.78 is 5.17. The van der Waals surface area contributed by atoms with Gasteiger partial charge in [0.25, 0.3) is 0 Å². The normalized spacial score (nSPS) is 19.3. The number of likely N-dealkylation sites (tertiary alicyclic amines) is 1. The Morgan fingerprint density at radius 3 is 2.89 bits per heavy atom. The summed E-state index contributed by atoms with van der Waals surface area (Å²) in [7, 11) is 1.70. The quantitative estimate of drug-likeness (QED) is 0.925. The number of anilines is 1. The first-order valence-corrected chi connectivity index (χ1v) is 6.87. The van der Waals surface area contributed by atoms with Crippen molar-refractivity contribution in [1.29, 1.82) is 0 Å². The van der Waals surface area contributed by atoms with Gasteiger partial charge in [-0.2, -0.15) is 0 Å². The third kappa shape index (κ3) is 4.11. The van der Waals surface area contributed by atoms with Gasteiger partial charge in [-0.05, 0) is 37.1 Å². The molecule has 1 aliphatic rings. The van der Waals surface area contributed by atoms with Gasteiger partial charge in [-0.15, -0.1) is 0 Å². The molecule has 0 saturated carbocycles. The zero-order valence-electron chi connectivity index (χ0n) is 11.1. The van der Waals surface area contributed by atoms with Crippen molar-refractivity contribution >= 4 is 23.3 Å². The predicted molar refractivity (Wildman–Crippen MR) is 76.6 cm³/mol. The first kappa shape index (κ1) is 14.2. The number of benzene rings is 1. The van der Waals surface area contributed by atoms with E-state index < -0.39 is 0 Å². The second-order valence-electron chi connectivity index (χ2n) is 4.85. The first-order valence-electron chi connectivity index (χ1n) is 6.49. The average molecular weight is 283 g/mol. The number of methoxy groups -OCH3 is 1. The van der Waals surface area contributed by atoms with Crippen molar-refractivity contribution in [3.05, 3.63) is 29.3 Å². The molecule has 1 unspecified atom stereocenters. The topological polar surface area (TPSA) is 41.6 Å². The van der Waals surface area contributed by atoms with Crippen LogP contribution in [0.1, 0.15) is 12.8 Å². The molecule has 2 rings (SSSR count). The number of nitrogens with one attached hydrogen (secondary N) is 1. The average Bonchev–Trinajstić information content (AvgIpc) is 2.42. The van der Waals surface area contributed by atoms with E-state index in [-0.39, 0.29) is 6.03 Å². The van der Waals surface area contributed by atoms with Crippen LogP contribution >= 0.6 is 11.6 Å². The molecule has 1 aromatic rings. The van der Waals surface area contributed by atoms with E-state index in [1.54, 1.807) is 31.4 Å². The summed E-state index contributed by atoms with van der Waals surface area (Å²) >= 11 is 5.81. The molecule has 19 heavy (non-hydrogen) atoms. The smallest absolute Gasteiger partial charge is 0.321 e. The van der Waals surface area contributed by atoms with Crippen LogP contribution in [0, 0.1) is 5.92 Å². The lowest BCUT2D eigenvalue weighted by Gasteiger charge is -2.32. The van der Waals surface area contributed by atoms with Gasteiger partial charge in [0.1, 0.15) is 0 Å². The summed E-state index contributed by atoms with van der Waals surface area (Å²) in [6.45, 7) is 2.28. The fraction of sp³-hybridized carbons (Fsp3) is 0.500. The largest absolute Gasteiger partial charge is 0.384 e. The Morgan fingerprint density at radius 1 is 1.47 bits per heavy atom. The van der Waals surface area contributed by atoms with Gasteiger partial charge in [0.2, 0.25) is 0 Å². The highest BCUT2D eigenvalue weighted by Crippen LogP contribution is 2.18. The molecule has 0 aliphatic carbocycles. The van der Waals surface area contributed by atoms with Gasteiger partial charge in [0, 0.05) is 36.8 Å². The van der Waals surface area contributed by atoms with Crippen molar-refractivity contribution in [3.63, 3.8) is 0 Å². The third-order valence-corrected chi connectivity index (χ3v) is 3.56. The van der Waals surface area contributed by atoms with Gasteiger partial charge in [-0.3, -0.25) is 0 Å². The second-order valence-corrected chi connectivity index (χ2v) is 5.28. The number of amides is 2. The number of piperidine rings is 1. The molecule has 0 aromatic heterocycles. The molecular weight excluding hydrogens is 264 g/mol. The Kier molecular flexibility index (Phi) is 5.05. The molecule has 1 aliphatic heterocycles. The number of carbonyl (C=O) groups excluding carboxylic acids is 1. The van der Waals surface area contributed by atoms with Crippen LogP contribution in [0.2, 0.25) is 5.02 Å². The van der Waals surface area contributed by atoms with Crippen molar-refractivity contribution in [3.8, 4) is 0 Å². The van der Waals surface area contributed by atoms with Gasteiger partial charge >= 0.3 is 6.03 Å². The number of hydrogen-bond acceptors (Lipinski definition) is 2. The number of rotatable bonds is 3. The van der Waals surface area contributed by atoms with E-state index in [0.29, 0.717) is 17.5 Å². The minimum atomic E-state index is -0.0527. The van der Waals surface area contributed by atoms with Gasteiger partial charge in [-0.1, -0.05) is 11.6 Å². The first-order chi connectivity index (χ1) is 9.19. The second kappa shape index (κ2) is 6.78. The van der Waals surface area contributed by atoms with Crippen molar-refractivity contribution in [2.45, 2.75) is 12.8 Å². The van der Waals surface area contributed by atoms with E-state index in [4.69, 9.17) is 16.3 Å². The number of urea groups is 1. The van der Waals surface area contributed by atoms with Crippen molar-refractivity contribution in [2.75, 3.05) is 32.1 Å². The SMILES string of the molecule is COCC1CCCN(C(=O)Nc2ccc(Cl)cc2)C1. The Bertz CT molecular complexity index is 420. The lowest BCUT2D eigenvalue weighted by atomic mass is 9.99. The number of carbonyl (C=O) groups is 1. The number of hydrogen-bond donors (Lipinski definition) is 1. The fourth-order valence-electron chi connectivity index (χ4n) is 2.36. The van der Waals surface area contributed by atoms with Crippen molar-refractivity contribution < 1.29 is 9.53 Å². The highest BCUT2D eigenvalue weighted by Gasteiger charge is 2.23. The highest BCUT2D eigenvalue weighted by molar-refractivity contribution is 6.30. The summed E-state index contributed by atoms with van der Waals surface area (Å²) in [5, 5.41) is 3.55. The van der Waals surface area contributed by atoms with Gasteiger partial charge in [0.05, 0.1) is 6.61 Å². The molecule has 104 valence electrons. The molecule has 0 radical (unpaired) electrons. The van der Waals surface area contributed by atoms with E-state index in [1.165, 1.54) is 0 Å². The van der Waals surface area contributed by atoms with Crippen LogP contribution in [0.4, 0.5) is 10.5 Å². The van der Waals surface area contributed by atoms with Crippen molar-refractivity contribution in [1.82, 2.24) is 4.90 Å². The van der Waals surface area contributed by atoms with E-state index in [2.05, 4.69) is 5.32 Å². The molecule has 4 nitrogen and oxygen atoms in total.